The molecule has 6 atom stereocenters. The Morgan fingerprint density at radius 1 is 1.00 bits per heavy atom. The third-order valence-corrected chi connectivity index (χ3v) is 6.17. The van der Waals surface area contributed by atoms with Crippen molar-refractivity contribution < 1.29 is 29.9 Å². The molecular formula is C26H27NO6. The lowest BCUT2D eigenvalue weighted by Crippen LogP contribution is -2.55. The molecule has 0 bridgehead atoms. The first-order valence-electron chi connectivity index (χ1n) is 11.0. The van der Waals surface area contributed by atoms with Crippen molar-refractivity contribution in [2.24, 2.45) is 5.92 Å². The summed E-state index contributed by atoms with van der Waals surface area (Å²) in [6, 6.07) is 15.1. The van der Waals surface area contributed by atoms with E-state index in [2.05, 4.69) is 17.9 Å². The lowest BCUT2D eigenvalue weighted by atomic mass is 9.89. The van der Waals surface area contributed by atoms with Crippen molar-refractivity contribution in [3.8, 4) is 17.9 Å². The molecule has 7 heteroatoms. The summed E-state index contributed by atoms with van der Waals surface area (Å²) in [7, 11) is 0. The number of hydrogen-bond donors (Lipinski definition) is 4. The van der Waals surface area contributed by atoms with Crippen LogP contribution in [0.15, 0.2) is 42.5 Å². The lowest BCUT2D eigenvalue weighted by Gasteiger charge is -2.40. The van der Waals surface area contributed by atoms with Crippen molar-refractivity contribution >= 4 is 0 Å². The highest BCUT2D eigenvalue weighted by Crippen LogP contribution is 2.33. The fourth-order valence-corrected chi connectivity index (χ4v) is 4.18. The Morgan fingerprint density at radius 3 is 2.45 bits per heavy atom. The average molecular weight is 450 g/mol. The third kappa shape index (κ3) is 5.26. The van der Waals surface area contributed by atoms with E-state index in [4.69, 9.17) is 9.47 Å². The number of aliphatic hydroxyl groups excluding tert-OH is 4. The van der Waals surface area contributed by atoms with Crippen LogP contribution in [0.4, 0.5) is 0 Å². The number of ether oxygens (including phenoxy) is 2. The first-order chi connectivity index (χ1) is 16.0. The predicted molar refractivity (Wildman–Crippen MR) is 119 cm³/mol. The number of benzene rings is 2. The highest BCUT2D eigenvalue weighted by molar-refractivity contribution is 5.45. The van der Waals surface area contributed by atoms with Crippen LogP contribution < -0.4 is 0 Å². The Morgan fingerprint density at radius 2 is 1.79 bits per heavy atom. The first-order valence-corrected chi connectivity index (χ1v) is 11.0. The highest BCUT2D eigenvalue weighted by atomic mass is 16.5. The molecule has 2 aromatic rings. The summed E-state index contributed by atoms with van der Waals surface area (Å²) in [4.78, 5) is 0. The van der Waals surface area contributed by atoms with E-state index in [1.54, 1.807) is 18.2 Å². The first kappa shape index (κ1) is 23.4. The minimum absolute atomic E-state index is 0.285. The van der Waals surface area contributed by atoms with Crippen molar-refractivity contribution in [3.63, 3.8) is 0 Å². The van der Waals surface area contributed by atoms with Gasteiger partial charge in [-0.15, -0.1) is 0 Å². The van der Waals surface area contributed by atoms with Crippen LogP contribution in [0.5, 0.6) is 0 Å². The van der Waals surface area contributed by atoms with Gasteiger partial charge in [0.25, 0.3) is 0 Å². The van der Waals surface area contributed by atoms with Crippen LogP contribution in [0.3, 0.4) is 0 Å². The smallest absolute Gasteiger partial charge is 0.113 e. The van der Waals surface area contributed by atoms with Gasteiger partial charge in [0.15, 0.2) is 0 Å². The van der Waals surface area contributed by atoms with Crippen LogP contribution in [-0.4, -0.2) is 64.7 Å². The highest BCUT2D eigenvalue weighted by Gasteiger charge is 2.44. The maximum atomic E-state index is 10.4. The van der Waals surface area contributed by atoms with Crippen molar-refractivity contribution in [3.05, 3.63) is 70.3 Å². The Balaban J connectivity index is 1.53. The Hall–Kier alpha value is -2.75. The largest absolute Gasteiger partial charge is 0.394 e. The summed E-state index contributed by atoms with van der Waals surface area (Å²) < 4.78 is 11.0. The van der Waals surface area contributed by atoms with Gasteiger partial charge >= 0.3 is 0 Å². The minimum atomic E-state index is -1.45. The number of nitriles is 1. The zero-order valence-corrected chi connectivity index (χ0v) is 18.1. The van der Waals surface area contributed by atoms with E-state index in [-0.39, 0.29) is 5.92 Å². The van der Waals surface area contributed by atoms with Crippen LogP contribution in [0.1, 0.15) is 40.3 Å². The SMILES string of the molecule is N#Cc1ccc([C@@H]2O[C@H](CO)[C@@H](O)[C@H](O)[C@H]2O)cc1Cc1ccc(C#C[C@H]2CCOC2)cc1. The summed E-state index contributed by atoms with van der Waals surface area (Å²) in [5.74, 6) is 6.71. The second-order valence-corrected chi connectivity index (χ2v) is 8.48. The molecule has 0 amide bonds. The van der Waals surface area contributed by atoms with Gasteiger partial charge in [0, 0.05) is 18.1 Å². The molecule has 0 aliphatic carbocycles. The van der Waals surface area contributed by atoms with Crippen molar-refractivity contribution in [1.82, 2.24) is 0 Å². The average Bonchev–Trinajstić information content (AvgIpc) is 3.36. The summed E-state index contributed by atoms with van der Waals surface area (Å²) in [6.07, 6.45) is -4.72. The molecule has 0 spiro atoms. The summed E-state index contributed by atoms with van der Waals surface area (Å²) >= 11 is 0. The molecule has 0 saturated carbocycles. The van der Waals surface area contributed by atoms with Crippen molar-refractivity contribution in [1.29, 1.82) is 5.26 Å². The lowest BCUT2D eigenvalue weighted by molar-refractivity contribution is -0.231. The molecule has 2 aliphatic rings. The quantitative estimate of drug-likeness (QED) is 0.515. The molecule has 7 nitrogen and oxygen atoms in total. The second-order valence-electron chi connectivity index (χ2n) is 8.48. The van der Waals surface area contributed by atoms with Gasteiger partial charge in [-0.2, -0.15) is 5.26 Å². The maximum absolute atomic E-state index is 10.4. The van der Waals surface area contributed by atoms with Gasteiger partial charge in [-0.1, -0.05) is 36.1 Å². The molecule has 0 unspecified atom stereocenters. The summed E-state index contributed by atoms with van der Waals surface area (Å²) in [6.45, 7) is 0.960. The van der Waals surface area contributed by atoms with E-state index in [1.165, 1.54) is 0 Å². The molecule has 2 aromatic carbocycles. The number of aliphatic hydroxyl groups is 4. The topological polar surface area (TPSA) is 123 Å². The van der Waals surface area contributed by atoms with Crippen LogP contribution in [-0.2, 0) is 15.9 Å². The fraction of sp³-hybridized carbons (Fsp3) is 0.423. The van der Waals surface area contributed by atoms with Gasteiger partial charge in [-0.25, -0.2) is 0 Å². The number of hydrogen-bond acceptors (Lipinski definition) is 7. The fourth-order valence-electron chi connectivity index (χ4n) is 4.18. The van der Waals surface area contributed by atoms with Crippen molar-refractivity contribution in [2.45, 2.75) is 43.4 Å². The molecule has 4 N–H and O–H groups in total. The number of rotatable bonds is 4. The Labute approximate surface area is 192 Å². The van der Waals surface area contributed by atoms with Gasteiger partial charge in [-0.3, -0.25) is 0 Å². The van der Waals surface area contributed by atoms with Crippen LogP contribution in [0.2, 0.25) is 0 Å². The Bertz CT molecular complexity index is 1060. The van der Waals surface area contributed by atoms with Gasteiger partial charge in [0.05, 0.1) is 24.8 Å². The molecular weight excluding hydrogens is 422 g/mol. The number of nitrogens with zero attached hydrogens (tertiary/aromatic N) is 1. The molecule has 2 fully saturated rings. The monoisotopic (exact) mass is 449 g/mol. The van der Waals surface area contributed by atoms with E-state index in [0.29, 0.717) is 24.2 Å². The maximum Gasteiger partial charge on any atom is 0.113 e. The minimum Gasteiger partial charge on any atom is -0.394 e. The Kier molecular flexibility index (Phi) is 7.42. The molecule has 0 radical (unpaired) electrons. The standard InChI is InChI=1S/C26H27NO6/c27-13-20-8-7-19(26-25(31)24(30)23(29)22(14-28)33-26)12-21(20)11-17-4-1-16(2-5-17)3-6-18-9-10-32-15-18/h1-2,4-5,7-8,12,18,22-26,28-31H,9-11,14-15H2/t18-,22+,23+,24-,25+,26-/m0/s1. The third-order valence-electron chi connectivity index (χ3n) is 6.17. The van der Waals surface area contributed by atoms with E-state index in [1.807, 2.05) is 24.3 Å². The molecule has 4 rings (SSSR count). The van der Waals surface area contributed by atoms with Gasteiger partial charge in [0.1, 0.15) is 30.5 Å². The van der Waals surface area contributed by atoms with E-state index in [0.717, 1.165) is 29.7 Å². The van der Waals surface area contributed by atoms with E-state index < -0.39 is 37.1 Å². The summed E-state index contributed by atoms with van der Waals surface area (Å²) in [5, 5.41) is 49.6. The van der Waals surface area contributed by atoms with Crippen LogP contribution in [0.25, 0.3) is 0 Å². The summed E-state index contributed by atoms with van der Waals surface area (Å²) in [5.41, 5.74) is 3.71. The zero-order chi connectivity index (χ0) is 23.4. The van der Waals surface area contributed by atoms with Crippen molar-refractivity contribution in [2.75, 3.05) is 19.8 Å². The molecule has 2 heterocycles. The van der Waals surface area contributed by atoms with Gasteiger partial charge in [0.2, 0.25) is 0 Å². The molecule has 0 aromatic heterocycles. The molecule has 33 heavy (non-hydrogen) atoms. The van der Waals surface area contributed by atoms with Gasteiger partial charge in [-0.05, 0) is 47.7 Å². The zero-order valence-electron chi connectivity index (χ0n) is 18.1. The molecule has 2 saturated heterocycles. The second kappa shape index (κ2) is 10.5. The molecule has 2 aliphatic heterocycles. The van der Waals surface area contributed by atoms with Crippen LogP contribution >= 0.6 is 0 Å². The van der Waals surface area contributed by atoms with Gasteiger partial charge < -0.3 is 29.9 Å². The predicted octanol–water partition coefficient (Wildman–Crippen LogP) is 1.05. The van der Waals surface area contributed by atoms with E-state index >= 15 is 0 Å². The molecule has 172 valence electrons. The van der Waals surface area contributed by atoms with Crippen LogP contribution in [0, 0.1) is 29.1 Å². The van der Waals surface area contributed by atoms with E-state index in [9.17, 15) is 25.7 Å². The normalized spacial score (nSPS) is 29.2.